The quantitative estimate of drug-likeness (QED) is 0.519. The van der Waals surface area contributed by atoms with E-state index in [0.29, 0.717) is 17.1 Å². The largest absolute Gasteiger partial charge is 0.308 e. The Morgan fingerprint density at radius 1 is 0.696 bits per heavy atom. The van der Waals surface area contributed by atoms with Gasteiger partial charge in [-0.25, -0.2) is 12.8 Å². The van der Waals surface area contributed by atoms with Gasteiger partial charge in [0.1, 0.15) is 5.82 Å². The van der Waals surface area contributed by atoms with E-state index >= 15 is 0 Å². The molecule has 3 nitrogen and oxygen atoms in total. The molecule has 0 spiro atoms. The maximum absolute atomic E-state index is 13.3. The lowest BCUT2D eigenvalue weighted by atomic mass is 10.2. The second-order valence-electron chi connectivity index (χ2n) is 5.25. The lowest BCUT2D eigenvalue weighted by Gasteiger charge is -2.32. The Labute approximate surface area is 133 Å². The third kappa shape index (κ3) is 2.04. The summed E-state index contributed by atoms with van der Waals surface area (Å²) < 4.78 is 38.9. The molecule has 0 amide bonds. The van der Waals surface area contributed by atoms with Gasteiger partial charge in [0, 0.05) is 5.69 Å². The number of rotatable bonds is 1. The minimum absolute atomic E-state index is 0.253. The summed E-state index contributed by atoms with van der Waals surface area (Å²) >= 11 is 0. The van der Waals surface area contributed by atoms with Crippen LogP contribution in [0.4, 0.5) is 21.5 Å². The molecule has 0 bridgehead atoms. The Hall–Kier alpha value is -2.66. The zero-order valence-electron chi connectivity index (χ0n) is 12.0. The number of hydrogen-bond acceptors (Lipinski definition) is 3. The fourth-order valence-electron chi connectivity index (χ4n) is 2.85. The summed E-state index contributed by atoms with van der Waals surface area (Å²) in [7, 11) is -3.57. The van der Waals surface area contributed by atoms with Crippen LogP contribution >= 0.6 is 0 Å². The van der Waals surface area contributed by atoms with Gasteiger partial charge in [-0.3, -0.25) is 0 Å². The number of sulfone groups is 1. The molecule has 0 saturated heterocycles. The van der Waals surface area contributed by atoms with E-state index in [1.54, 1.807) is 60.7 Å². The molecular weight excluding hydrogens is 313 g/mol. The van der Waals surface area contributed by atoms with Crippen molar-refractivity contribution in [3.8, 4) is 0 Å². The van der Waals surface area contributed by atoms with Crippen LogP contribution in [0.1, 0.15) is 0 Å². The first kappa shape index (κ1) is 14.0. The van der Waals surface area contributed by atoms with Gasteiger partial charge in [-0.1, -0.05) is 24.3 Å². The highest BCUT2D eigenvalue weighted by molar-refractivity contribution is 7.92. The zero-order valence-corrected chi connectivity index (χ0v) is 12.8. The number of hydrogen-bond donors (Lipinski definition) is 0. The second-order valence-corrected chi connectivity index (χ2v) is 7.14. The van der Waals surface area contributed by atoms with Gasteiger partial charge in [0.2, 0.25) is 9.84 Å². The molecule has 0 fully saturated rings. The smallest absolute Gasteiger partial charge is 0.210 e. The summed E-state index contributed by atoms with van der Waals surface area (Å²) in [4.78, 5) is 2.34. The summed E-state index contributed by atoms with van der Waals surface area (Å²) in [5, 5.41) is 0. The molecule has 5 heteroatoms. The average molecular weight is 325 g/mol. The summed E-state index contributed by atoms with van der Waals surface area (Å²) in [6, 6.07) is 19.7. The first-order valence-electron chi connectivity index (χ1n) is 7.08. The van der Waals surface area contributed by atoms with Crippen molar-refractivity contribution >= 4 is 26.9 Å². The van der Waals surface area contributed by atoms with Crippen molar-refractivity contribution in [3.05, 3.63) is 78.6 Å². The van der Waals surface area contributed by atoms with Crippen LogP contribution < -0.4 is 4.90 Å². The van der Waals surface area contributed by atoms with Crippen molar-refractivity contribution < 1.29 is 12.8 Å². The monoisotopic (exact) mass is 325 g/mol. The van der Waals surface area contributed by atoms with E-state index < -0.39 is 9.84 Å². The minimum atomic E-state index is -3.57. The van der Waals surface area contributed by atoms with Crippen LogP contribution in [0.25, 0.3) is 0 Å². The molecular formula is C18H12FNO2S. The van der Waals surface area contributed by atoms with E-state index in [1.807, 2.05) is 4.90 Å². The van der Waals surface area contributed by atoms with E-state index in [4.69, 9.17) is 0 Å². The molecule has 114 valence electrons. The Bertz CT molecular complexity index is 944. The van der Waals surface area contributed by atoms with Crippen molar-refractivity contribution in [2.24, 2.45) is 0 Å². The molecule has 0 saturated carbocycles. The lowest BCUT2D eigenvalue weighted by Crippen LogP contribution is -2.21. The topological polar surface area (TPSA) is 37.4 Å². The van der Waals surface area contributed by atoms with E-state index in [-0.39, 0.29) is 15.6 Å². The van der Waals surface area contributed by atoms with Crippen molar-refractivity contribution in [1.82, 2.24) is 0 Å². The number of anilines is 3. The molecule has 0 aromatic heterocycles. The third-order valence-electron chi connectivity index (χ3n) is 3.88. The van der Waals surface area contributed by atoms with Crippen molar-refractivity contribution in [3.63, 3.8) is 0 Å². The molecule has 0 aliphatic carbocycles. The number of benzene rings is 3. The third-order valence-corrected chi connectivity index (χ3v) is 5.72. The number of nitrogens with zero attached hydrogens (tertiary/aromatic N) is 1. The van der Waals surface area contributed by atoms with Gasteiger partial charge in [0.15, 0.2) is 0 Å². The van der Waals surface area contributed by atoms with Crippen LogP contribution in [-0.4, -0.2) is 8.42 Å². The Kier molecular flexibility index (Phi) is 2.99. The predicted octanol–water partition coefficient (Wildman–Crippen LogP) is 4.44. The molecule has 3 aromatic rings. The maximum atomic E-state index is 13.3. The van der Waals surface area contributed by atoms with Gasteiger partial charge in [-0.15, -0.1) is 0 Å². The van der Waals surface area contributed by atoms with Gasteiger partial charge in [-0.05, 0) is 48.5 Å². The molecule has 4 rings (SSSR count). The molecule has 0 atom stereocenters. The van der Waals surface area contributed by atoms with Crippen LogP contribution in [0.5, 0.6) is 0 Å². The Morgan fingerprint density at radius 3 is 1.70 bits per heavy atom. The molecule has 0 unspecified atom stereocenters. The van der Waals surface area contributed by atoms with Crippen LogP contribution in [0, 0.1) is 5.82 Å². The SMILES string of the molecule is O=S1(=O)c2ccccc2N(c2ccc(F)cc2)c2ccccc21. The summed E-state index contributed by atoms with van der Waals surface area (Å²) in [5.41, 5.74) is 1.84. The van der Waals surface area contributed by atoms with E-state index in [0.717, 1.165) is 0 Å². The van der Waals surface area contributed by atoms with E-state index in [9.17, 15) is 12.8 Å². The highest BCUT2D eigenvalue weighted by Crippen LogP contribution is 2.47. The molecule has 0 N–H and O–H groups in total. The van der Waals surface area contributed by atoms with Crippen molar-refractivity contribution in [2.75, 3.05) is 4.90 Å². The lowest BCUT2D eigenvalue weighted by molar-refractivity contribution is 0.595. The van der Waals surface area contributed by atoms with Crippen molar-refractivity contribution in [1.29, 1.82) is 0 Å². The Morgan fingerprint density at radius 2 is 1.17 bits per heavy atom. The van der Waals surface area contributed by atoms with Gasteiger partial charge < -0.3 is 4.90 Å². The first-order valence-corrected chi connectivity index (χ1v) is 8.56. The Balaban J connectivity index is 2.06. The van der Waals surface area contributed by atoms with Crippen LogP contribution in [0.3, 0.4) is 0 Å². The molecule has 0 radical (unpaired) electrons. The van der Waals surface area contributed by atoms with Crippen LogP contribution in [0.15, 0.2) is 82.6 Å². The van der Waals surface area contributed by atoms with Gasteiger partial charge in [0.05, 0.1) is 21.2 Å². The van der Waals surface area contributed by atoms with E-state index in [1.165, 1.54) is 12.1 Å². The van der Waals surface area contributed by atoms with Crippen molar-refractivity contribution in [2.45, 2.75) is 9.79 Å². The minimum Gasteiger partial charge on any atom is -0.308 e. The van der Waals surface area contributed by atoms with Crippen LogP contribution in [0.2, 0.25) is 0 Å². The average Bonchev–Trinajstić information content (AvgIpc) is 2.57. The summed E-state index contributed by atoms with van der Waals surface area (Å²) in [6.45, 7) is 0. The fraction of sp³-hybridized carbons (Fsp3) is 0. The maximum Gasteiger partial charge on any atom is 0.210 e. The summed E-state index contributed by atoms with van der Waals surface area (Å²) in [5.74, 6) is -0.333. The normalized spacial score (nSPS) is 14.9. The molecule has 1 heterocycles. The van der Waals surface area contributed by atoms with Gasteiger partial charge >= 0.3 is 0 Å². The number of halogens is 1. The van der Waals surface area contributed by atoms with Gasteiger partial charge in [-0.2, -0.15) is 0 Å². The molecule has 1 aliphatic heterocycles. The standard InChI is InChI=1S/C18H12FNO2S/c19-13-9-11-14(12-10-13)20-15-5-1-3-7-17(15)23(21,22)18-8-4-2-6-16(18)20/h1-12H. The summed E-state index contributed by atoms with van der Waals surface area (Å²) in [6.07, 6.45) is 0. The number of fused-ring (bicyclic) bond motifs is 2. The highest BCUT2D eigenvalue weighted by atomic mass is 32.2. The molecule has 23 heavy (non-hydrogen) atoms. The first-order chi connectivity index (χ1) is 11.1. The molecule has 3 aromatic carbocycles. The second kappa shape index (κ2) is 4.93. The highest BCUT2D eigenvalue weighted by Gasteiger charge is 2.34. The number of para-hydroxylation sites is 2. The predicted molar refractivity (Wildman–Crippen MR) is 86.5 cm³/mol. The molecule has 1 aliphatic rings. The van der Waals surface area contributed by atoms with Gasteiger partial charge in [0.25, 0.3) is 0 Å². The van der Waals surface area contributed by atoms with E-state index in [2.05, 4.69) is 0 Å². The van der Waals surface area contributed by atoms with Crippen LogP contribution in [-0.2, 0) is 9.84 Å². The zero-order chi connectivity index (χ0) is 16.0. The fourth-order valence-corrected chi connectivity index (χ4v) is 4.48.